The average molecular weight is 398 g/mol. The van der Waals surface area contributed by atoms with Crippen LogP contribution in [0.15, 0.2) is 36.4 Å². The van der Waals surface area contributed by atoms with Crippen LogP contribution in [0.5, 0.6) is 0 Å². The highest BCUT2D eigenvalue weighted by atomic mass is 16.5. The summed E-state index contributed by atoms with van der Waals surface area (Å²) in [6.45, 7) is 0.750. The molecule has 0 spiro atoms. The predicted octanol–water partition coefficient (Wildman–Crippen LogP) is 1.71. The third kappa shape index (κ3) is 4.59. The van der Waals surface area contributed by atoms with E-state index in [4.69, 9.17) is 4.74 Å². The van der Waals surface area contributed by atoms with Crippen LogP contribution in [0.25, 0.3) is 0 Å². The minimum absolute atomic E-state index is 0.139. The molecule has 0 saturated carbocycles. The average Bonchev–Trinajstić information content (AvgIpc) is 2.97. The van der Waals surface area contributed by atoms with E-state index in [9.17, 15) is 24.0 Å². The van der Waals surface area contributed by atoms with Crippen LogP contribution < -0.4 is 5.32 Å². The SMILES string of the molecule is CCC(=O)Nc1ccc(C(=O)COC(=O)CN2C(=O)[C@@H]3CC=CC[C@H]3C2=O)cc1. The number of ether oxygens (including phenoxy) is 1. The number of Topliss-reactive ketones (excluding diaryl/α,β-unsaturated/α-hetero) is 1. The van der Waals surface area contributed by atoms with Crippen LogP contribution in [0.4, 0.5) is 5.69 Å². The largest absolute Gasteiger partial charge is 0.456 e. The fourth-order valence-corrected chi connectivity index (χ4v) is 3.42. The second-order valence-corrected chi connectivity index (χ2v) is 6.98. The summed E-state index contributed by atoms with van der Waals surface area (Å²) in [6, 6.07) is 6.21. The number of hydrogen-bond donors (Lipinski definition) is 1. The Kier molecular flexibility index (Phi) is 6.21. The van der Waals surface area contributed by atoms with Crippen LogP contribution in [0.3, 0.4) is 0 Å². The number of ketones is 1. The van der Waals surface area contributed by atoms with Crippen LogP contribution >= 0.6 is 0 Å². The smallest absolute Gasteiger partial charge is 0.326 e. The Hall–Kier alpha value is -3.29. The molecule has 3 amide bonds. The third-order valence-electron chi connectivity index (χ3n) is 5.06. The molecule has 0 radical (unpaired) electrons. The molecule has 1 aliphatic carbocycles. The zero-order chi connectivity index (χ0) is 21.0. The Morgan fingerprint density at radius 1 is 1.03 bits per heavy atom. The molecule has 2 aliphatic rings. The molecule has 1 N–H and O–H groups in total. The molecule has 1 aromatic rings. The minimum Gasteiger partial charge on any atom is -0.456 e. The molecular weight excluding hydrogens is 376 g/mol. The van der Waals surface area contributed by atoms with Crippen LogP contribution in [0, 0.1) is 11.8 Å². The number of allylic oxidation sites excluding steroid dienone is 2. The summed E-state index contributed by atoms with van der Waals surface area (Å²) in [5.41, 5.74) is 0.880. The number of carbonyl (C=O) groups is 5. The number of esters is 1. The summed E-state index contributed by atoms with van der Waals surface area (Å²) < 4.78 is 4.96. The standard InChI is InChI=1S/C21H22N2O6/c1-2-18(25)22-14-9-7-13(8-10-14)17(24)12-29-19(26)11-23-20(27)15-5-3-4-6-16(15)21(23)28/h3-4,7-10,15-16H,2,5-6,11-12H2,1H3,(H,22,25)/t15-,16-/m1/s1. The molecule has 1 heterocycles. The fraction of sp³-hybridized carbons (Fsp3) is 0.381. The van der Waals surface area contributed by atoms with Gasteiger partial charge in [0, 0.05) is 17.7 Å². The molecule has 8 nitrogen and oxygen atoms in total. The van der Waals surface area contributed by atoms with Gasteiger partial charge in [-0.15, -0.1) is 0 Å². The van der Waals surface area contributed by atoms with Gasteiger partial charge in [0.25, 0.3) is 0 Å². The second-order valence-electron chi connectivity index (χ2n) is 6.98. The normalized spacial score (nSPS) is 20.4. The summed E-state index contributed by atoms with van der Waals surface area (Å²) >= 11 is 0. The highest BCUT2D eigenvalue weighted by Gasteiger charge is 2.47. The first-order valence-corrected chi connectivity index (χ1v) is 9.49. The maximum atomic E-state index is 12.3. The van der Waals surface area contributed by atoms with E-state index in [2.05, 4.69) is 5.32 Å². The fourth-order valence-electron chi connectivity index (χ4n) is 3.42. The van der Waals surface area contributed by atoms with Crippen molar-refractivity contribution in [2.24, 2.45) is 11.8 Å². The number of rotatable bonds is 7. The van der Waals surface area contributed by atoms with Gasteiger partial charge in [0.2, 0.25) is 17.7 Å². The molecule has 0 unspecified atom stereocenters. The van der Waals surface area contributed by atoms with Gasteiger partial charge in [0.1, 0.15) is 6.54 Å². The third-order valence-corrected chi connectivity index (χ3v) is 5.06. The quantitative estimate of drug-likeness (QED) is 0.324. The number of nitrogens with one attached hydrogen (secondary N) is 1. The number of amides is 3. The summed E-state index contributed by atoms with van der Waals surface area (Å²) in [6.07, 6.45) is 5.07. The Labute approximate surface area is 167 Å². The van der Waals surface area contributed by atoms with Gasteiger partial charge in [0.05, 0.1) is 11.8 Å². The summed E-state index contributed by atoms with van der Waals surface area (Å²) in [5, 5.41) is 2.67. The van der Waals surface area contributed by atoms with Crippen molar-refractivity contribution in [1.82, 2.24) is 4.90 Å². The molecule has 0 aromatic heterocycles. The van der Waals surface area contributed by atoms with E-state index in [0.29, 0.717) is 30.5 Å². The first kappa shape index (κ1) is 20.4. The molecule has 152 valence electrons. The van der Waals surface area contributed by atoms with Gasteiger partial charge in [-0.05, 0) is 37.1 Å². The number of benzene rings is 1. The second kappa shape index (κ2) is 8.81. The van der Waals surface area contributed by atoms with Crippen LogP contribution in [0.2, 0.25) is 0 Å². The van der Waals surface area contributed by atoms with E-state index in [1.807, 2.05) is 12.2 Å². The highest BCUT2D eigenvalue weighted by molar-refractivity contribution is 6.07. The summed E-state index contributed by atoms with van der Waals surface area (Å²) in [7, 11) is 0. The van der Waals surface area contributed by atoms with Crippen molar-refractivity contribution in [1.29, 1.82) is 0 Å². The van der Waals surface area contributed by atoms with Gasteiger partial charge in [-0.2, -0.15) is 0 Å². The van der Waals surface area contributed by atoms with Crippen LogP contribution in [0.1, 0.15) is 36.5 Å². The lowest BCUT2D eigenvalue weighted by Crippen LogP contribution is -2.37. The van der Waals surface area contributed by atoms with E-state index < -0.39 is 36.7 Å². The first-order valence-electron chi connectivity index (χ1n) is 9.49. The minimum atomic E-state index is -0.807. The van der Waals surface area contributed by atoms with E-state index in [1.54, 1.807) is 19.1 Å². The molecule has 2 atom stereocenters. The molecule has 1 aromatic carbocycles. The zero-order valence-corrected chi connectivity index (χ0v) is 16.1. The maximum Gasteiger partial charge on any atom is 0.326 e. The summed E-state index contributed by atoms with van der Waals surface area (Å²) in [4.78, 5) is 61.2. The zero-order valence-electron chi connectivity index (χ0n) is 16.1. The topological polar surface area (TPSA) is 110 Å². The van der Waals surface area contributed by atoms with E-state index in [1.165, 1.54) is 12.1 Å². The van der Waals surface area contributed by atoms with Crippen molar-refractivity contribution in [3.63, 3.8) is 0 Å². The van der Waals surface area contributed by atoms with E-state index >= 15 is 0 Å². The Bertz CT molecular complexity index is 848. The molecule has 29 heavy (non-hydrogen) atoms. The Balaban J connectivity index is 1.50. The number of fused-ring (bicyclic) bond motifs is 1. The molecule has 1 aliphatic heterocycles. The van der Waals surface area contributed by atoms with Crippen molar-refractivity contribution in [2.45, 2.75) is 26.2 Å². The van der Waals surface area contributed by atoms with Crippen molar-refractivity contribution in [2.75, 3.05) is 18.5 Å². The van der Waals surface area contributed by atoms with Gasteiger partial charge >= 0.3 is 5.97 Å². The molecule has 3 rings (SSSR count). The van der Waals surface area contributed by atoms with Gasteiger partial charge in [0.15, 0.2) is 12.4 Å². The number of nitrogens with zero attached hydrogens (tertiary/aromatic N) is 1. The monoisotopic (exact) mass is 398 g/mol. The molecule has 0 bridgehead atoms. The van der Waals surface area contributed by atoms with E-state index in [-0.39, 0.29) is 17.7 Å². The van der Waals surface area contributed by atoms with Crippen LogP contribution in [-0.2, 0) is 23.9 Å². The first-order chi connectivity index (χ1) is 13.9. The summed E-state index contributed by atoms with van der Waals surface area (Å²) in [5.74, 6) is -2.92. The van der Waals surface area contributed by atoms with Crippen molar-refractivity contribution >= 4 is 35.2 Å². The van der Waals surface area contributed by atoms with Gasteiger partial charge in [-0.1, -0.05) is 19.1 Å². The number of likely N-dealkylation sites (tertiary alicyclic amines) is 1. The molecule has 8 heteroatoms. The lowest BCUT2D eigenvalue weighted by atomic mass is 9.85. The number of hydrogen-bond acceptors (Lipinski definition) is 6. The Morgan fingerprint density at radius 2 is 1.62 bits per heavy atom. The number of carbonyl (C=O) groups excluding carboxylic acids is 5. The predicted molar refractivity (Wildman–Crippen MR) is 103 cm³/mol. The van der Waals surface area contributed by atoms with E-state index in [0.717, 1.165) is 4.90 Å². The molecular formula is C21H22N2O6. The number of imide groups is 1. The lowest BCUT2D eigenvalue weighted by molar-refractivity contribution is -0.152. The van der Waals surface area contributed by atoms with Crippen molar-refractivity contribution in [3.8, 4) is 0 Å². The number of anilines is 1. The molecule has 1 fully saturated rings. The van der Waals surface area contributed by atoms with Crippen molar-refractivity contribution < 1.29 is 28.7 Å². The van der Waals surface area contributed by atoms with Gasteiger partial charge < -0.3 is 10.1 Å². The highest BCUT2D eigenvalue weighted by Crippen LogP contribution is 2.34. The lowest BCUT2D eigenvalue weighted by Gasteiger charge is -2.14. The Morgan fingerprint density at radius 3 is 2.17 bits per heavy atom. The van der Waals surface area contributed by atoms with Crippen LogP contribution in [-0.4, -0.2) is 47.5 Å². The van der Waals surface area contributed by atoms with Gasteiger partial charge in [-0.25, -0.2) is 0 Å². The van der Waals surface area contributed by atoms with Gasteiger partial charge in [-0.3, -0.25) is 28.9 Å². The van der Waals surface area contributed by atoms with Crippen molar-refractivity contribution in [3.05, 3.63) is 42.0 Å². The maximum absolute atomic E-state index is 12.3. The molecule has 1 saturated heterocycles.